The summed E-state index contributed by atoms with van der Waals surface area (Å²) in [7, 11) is 0. The average molecular weight is 232 g/mol. The number of amides is 1. The second-order valence-electron chi connectivity index (χ2n) is 5.60. The van der Waals surface area contributed by atoms with Crippen molar-refractivity contribution in [1.82, 2.24) is 0 Å². The van der Waals surface area contributed by atoms with E-state index < -0.39 is 0 Å². The lowest BCUT2D eigenvalue weighted by Crippen LogP contribution is -2.38. The van der Waals surface area contributed by atoms with Crippen molar-refractivity contribution in [1.29, 1.82) is 0 Å². The highest BCUT2D eigenvalue weighted by molar-refractivity contribution is 6.02. The lowest BCUT2D eigenvalue weighted by Gasteiger charge is -2.28. The third-order valence-electron chi connectivity index (χ3n) is 3.20. The number of anilines is 2. The van der Waals surface area contributed by atoms with Crippen molar-refractivity contribution in [3.05, 3.63) is 23.8 Å². The van der Waals surface area contributed by atoms with Gasteiger partial charge in [0.15, 0.2) is 0 Å². The number of rotatable bonds is 1. The quantitative estimate of drug-likeness (QED) is 0.781. The zero-order valence-corrected chi connectivity index (χ0v) is 10.9. The Morgan fingerprint density at radius 1 is 1.24 bits per heavy atom. The molecule has 1 aliphatic heterocycles. The molecule has 1 aromatic carbocycles. The van der Waals surface area contributed by atoms with E-state index in [1.54, 1.807) is 0 Å². The van der Waals surface area contributed by atoms with E-state index in [1.807, 2.05) is 13.0 Å². The lowest BCUT2D eigenvalue weighted by molar-refractivity contribution is -0.117. The maximum Gasteiger partial charge on any atom is 0.246 e. The van der Waals surface area contributed by atoms with E-state index in [0.29, 0.717) is 0 Å². The first-order valence-electron chi connectivity index (χ1n) is 6.13. The zero-order valence-electron chi connectivity index (χ0n) is 10.9. The van der Waals surface area contributed by atoms with E-state index in [2.05, 4.69) is 43.5 Å². The number of fused-ring (bicyclic) bond motifs is 1. The summed E-state index contributed by atoms with van der Waals surface area (Å²) in [5, 5.41) is 6.23. The first-order valence-corrected chi connectivity index (χ1v) is 6.13. The molecular weight excluding hydrogens is 212 g/mol. The van der Waals surface area contributed by atoms with Gasteiger partial charge in [-0.2, -0.15) is 0 Å². The molecule has 0 bridgehead atoms. The van der Waals surface area contributed by atoms with Crippen LogP contribution in [0.3, 0.4) is 0 Å². The summed E-state index contributed by atoms with van der Waals surface area (Å²) >= 11 is 0. The molecule has 0 fully saturated rings. The van der Waals surface area contributed by atoms with Crippen LogP contribution in [0.15, 0.2) is 18.2 Å². The van der Waals surface area contributed by atoms with E-state index in [0.717, 1.165) is 17.8 Å². The Hall–Kier alpha value is -1.51. The molecule has 0 saturated heterocycles. The van der Waals surface area contributed by atoms with Crippen LogP contribution in [0.1, 0.15) is 39.7 Å². The molecule has 1 atom stereocenters. The lowest BCUT2D eigenvalue weighted by atomic mass is 9.86. The molecule has 2 rings (SSSR count). The Morgan fingerprint density at radius 2 is 1.94 bits per heavy atom. The zero-order chi connectivity index (χ0) is 12.6. The molecule has 1 aliphatic rings. The predicted octanol–water partition coefficient (Wildman–Crippen LogP) is 3.13. The fraction of sp³-hybridized carbons (Fsp3) is 0.500. The Labute approximate surface area is 103 Å². The van der Waals surface area contributed by atoms with Gasteiger partial charge in [0.05, 0.1) is 11.4 Å². The number of carbonyl (C=O) groups is 1. The van der Waals surface area contributed by atoms with Crippen molar-refractivity contribution in [2.75, 3.05) is 10.6 Å². The van der Waals surface area contributed by atoms with Gasteiger partial charge in [0, 0.05) is 0 Å². The maximum absolute atomic E-state index is 11.7. The number of hydrogen-bond acceptors (Lipinski definition) is 2. The maximum atomic E-state index is 11.7. The first-order chi connectivity index (χ1) is 7.91. The van der Waals surface area contributed by atoms with E-state index in [4.69, 9.17) is 0 Å². The fourth-order valence-electron chi connectivity index (χ4n) is 2.00. The summed E-state index contributed by atoms with van der Waals surface area (Å²) in [6.45, 7) is 8.57. The minimum Gasteiger partial charge on any atom is -0.372 e. The van der Waals surface area contributed by atoms with Crippen molar-refractivity contribution < 1.29 is 4.79 Å². The van der Waals surface area contributed by atoms with Gasteiger partial charge in [-0.15, -0.1) is 0 Å². The minimum absolute atomic E-state index is 0.0588. The largest absolute Gasteiger partial charge is 0.372 e. The normalized spacial score (nSPS) is 19.3. The van der Waals surface area contributed by atoms with Gasteiger partial charge in [0.2, 0.25) is 5.91 Å². The van der Waals surface area contributed by atoms with Gasteiger partial charge in [-0.3, -0.25) is 4.79 Å². The second kappa shape index (κ2) is 4.06. The summed E-state index contributed by atoms with van der Waals surface area (Å²) in [6.07, 6.45) is 0.797. The van der Waals surface area contributed by atoms with Gasteiger partial charge in [-0.05, 0) is 29.5 Å². The van der Waals surface area contributed by atoms with Crippen LogP contribution < -0.4 is 10.6 Å². The molecule has 1 unspecified atom stereocenters. The highest BCUT2D eigenvalue weighted by Crippen LogP contribution is 2.32. The molecule has 0 aliphatic carbocycles. The highest BCUT2D eigenvalue weighted by atomic mass is 16.2. The summed E-state index contributed by atoms with van der Waals surface area (Å²) in [4.78, 5) is 11.7. The van der Waals surface area contributed by atoms with Gasteiger partial charge in [0.25, 0.3) is 0 Å². The Bertz CT molecular complexity index is 446. The molecule has 0 saturated carbocycles. The summed E-state index contributed by atoms with van der Waals surface area (Å²) < 4.78 is 0. The van der Waals surface area contributed by atoms with Crippen molar-refractivity contribution in [2.24, 2.45) is 0 Å². The predicted molar refractivity (Wildman–Crippen MR) is 71.5 cm³/mol. The third-order valence-corrected chi connectivity index (χ3v) is 3.20. The van der Waals surface area contributed by atoms with Crippen molar-refractivity contribution in [3.8, 4) is 0 Å². The summed E-state index contributed by atoms with van der Waals surface area (Å²) in [5.41, 5.74) is 3.31. The van der Waals surface area contributed by atoms with Crippen LogP contribution in [0, 0.1) is 0 Å². The summed E-state index contributed by atoms with van der Waals surface area (Å²) in [6, 6.07) is 6.08. The van der Waals surface area contributed by atoms with Crippen LogP contribution in [-0.2, 0) is 10.2 Å². The van der Waals surface area contributed by atoms with Crippen molar-refractivity contribution >= 4 is 17.3 Å². The molecular formula is C14H20N2O. The minimum atomic E-state index is -0.113. The van der Waals surface area contributed by atoms with Crippen LogP contribution in [0.2, 0.25) is 0 Å². The molecule has 1 heterocycles. The molecule has 0 spiro atoms. The molecule has 2 N–H and O–H groups in total. The van der Waals surface area contributed by atoms with E-state index in [-0.39, 0.29) is 17.4 Å². The Balaban J connectivity index is 2.37. The van der Waals surface area contributed by atoms with Gasteiger partial charge in [0.1, 0.15) is 6.04 Å². The van der Waals surface area contributed by atoms with Gasteiger partial charge < -0.3 is 10.6 Å². The van der Waals surface area contributed by atoms with Gasteiger partial charge >= 0.3 is 0 Å². The van der Waals surface area contributed by atoms with Gasteiger partial charge in [-0.1, -0.05) is 33.8 Å². The number of carbonyl (C=O) groups excluding carboxylic acids is 1. The molecule has 0 aromatic heterocycles. The standard InChI is InChI=1S/C14H20N2O/c1-5-10-13(17)16-11-7-6-9(14(2,3)4)8-12(11)15-10/h6-8,10,15H,5H2,1-4H3,(H,16,17). The average Bonchev–Trinajstić information content (AvgIpc) is 2.26. The number of hydrogen-bond donors (Lipinski definition) is 2. The van der Waals surface area contributed by atoms with E-state index >= 15 is 0 Å². The van der Waals surface area contributed by atoms with Crippen LogP contribution in [0.5, 0.6) is 0 Å². The molecule has 92 valence electrons. The molecule has 3 heteroatoms. The van der Waals surface area contributed by atoms with E-state index in [9.17, 15) is 4.79 Å². The third kappa shape index (κ3) is 2.28. The van der Waals surface area contributed by atoms with E-state index in [1.165, 1.54) is 5.56 Å². The molecule has 3 nitrogen and oxygen atoms in total. The van der Waals surface area contributed by atoms with Crippen LogP contribution >= 0.6 is 0 Å². The number of nitrogens with one attached hydrogen (secondary N) is 2. The molecule has 1 aromatic rings. The van der Waals surface area contributed by atoms with Crippen molar-refractivity contribution in [2.45, 2.75) is 45.6 Å². The SMILES string of the molecule is CCC1Nc2cc(C(C)(C)C)ccc2NC1=O. The fourth-order valence-corrected chi connectivity index (χ4v) is 2.00. The van der Waals surface area contributed by atoms with Crippen LogP contribution in [0.4, 0.5) is 11.4 Å². The second-order valence-corrected chi connectivity index (χ2v) is 5.60. The first kappa shape index (κ1) is 12.0. The molecule has 0 radical (unpaired) electrons. The van der Waals surface area contributed by atoms with Gasteiger partial charge in [-0.25, -0.2) is 0 Å². The molecule has 17 heavy (non-hydrogen) atoms. The Morgan fingerprint density at radius 3 is 2.53 bits per heavy atom. The monoisotopic (exact) mass is 232 g/mol. The highest BCUT2D eigenvalue weighted by Gasteiger charge is 2.25. The number of benzene rings is 1. The molecule has 1 amide bonds. The van der Waals surface area contributed by atoms with Crippen LogP contribution in [-0.4, -0.2) is 11.9 Å². The Kier molecular flexibility index (Phi) is 2.86. The smallest absolute Gasteiger partial charge is 0.246 e. The van der Waals surface area contributed by atoms with Crippen molar-refractivity contribution in [3.63, 3.8) is 0 Å². The summed E-state index contributed by atoms with van der Waals surface area (Å²) in [5.74, 6) is 0.0588. The topological polar surface area (TPSA) is 41.1 Å². The van der Waals surface area contributed by atoms with Crippen LogP contribution in [0.25, 0.3) is 0 Å².